The molecule has 4 rings (SSSR count). The third-order valence-electron chi connectivity index (χ3n) is 7.41. The van der Waals surface area contributed by atoms with Crippen molar-refractivity contribution in [3.05, 3.63) is 47.8 Å². The van der Waals surface area contributed by atoms with Crippen molar-refractivity contribution in [2.45, 2.75) is 58.1 Å². The summed E-state index contributed by atoms with van der Waals surface area (Å²) >= 11 is 0. The molecule has 2 aromatic rings. The lowest BCUT2D eigenvalue weighted by Crippen LogP contribution is -2.41. The first-order chi connectivity index (χ1) is 17.7. The summed E-state index contributed by atoms with van der Waals surface area (Å²) in [6.45, 7) is 8.90. The molecule has 0 bridgehead atoms. The second-order valence-corrected chi connectivity index (χ2v) is 10.4. The lowest BCUT2D eigenvalue weighted by molar-refractivity contribution is 0.0597. The molecule has 1 amide bonds. The average Bonchev–Trinajstić information content (AvgIpc) is 3.25. The fraction of sp³-hybridized carbons (Fsp3) is 0.593. The van der Waals surface area contributed by atoms with E-state index >= 15 is 0 Å². The van der Waals surface area contributed by atoms with Crippen molar-refractivity contribution in [1.82, 2.24) is 14.9 Å². The largest absolute Gasteiger partial charge is 0.490 e. The number of piperidine rings is 1. The Hall–Kier alpha value is -3.01. The molecule has 3 heterocycles. The van der Waals surface area contributed by atoms with Gasteiger partial charge in [-0.05, 0) is 56.6 Å². The van der Waals surface area contributed by atoms with E-state index in [-0.39, 0.29) is 24.2 Å². The molecule has 37 heavy (non-hydrogen) atoms. The van der Waals surface area contributed by atoms with E-state index in [1.54, 1.807) is 17.3 Å². The van der Waals surface area contributed by atoms with E-state index in [2.05, 4.69) is 16.9 Å². The number of carbonyl (C=O) groups excluding carboxylic acids is 1. The molecule has 2 fully saturated rings. The topological polar surface area (TPSA) is 93.8 Å². The van der Waals surface area contributed by atoms with E-state index < -0.39 is 11.6 Å². The van der Waals surface area contributed by atoms with E-state index in [9.17, 15) is 13.6 Å². The number of carbonyl (C=O) groups is 1. The van der Waals surface area contributed by atoms with Crippen molar-refractivity contribution < 1.29 is 23.0 Å². The predicted molar refractivity (Wildman–Crippen MR) is 137 cm³/mol. The number of aromatic nitrogens is 2. The van der Waals surface area contributed by atoms with Crippen molar-refractivity contribution in [3.8, 4) is 5.75 Å². The highest BCUT2D eigenvalue weighted by Crippen LogP contribution is 2.31. The number of hydrogen-bond acceptors (Lipinski definition) is 7. The Morgan fingerprint density at radius 2 is 1.84 bits per heavy atom. The van der Waals surface area contributed by atoms with Gasteiger partial charge in [0, 0.05) is 44.2 Å². The second-order valence-electron chi connectivity index (χ2n) is 10.4. The van der Waals surface area contributed by atoms with Crippen LogP contribution in [-0.4, -0.2) is 65.9 Å². The molecule has 3 atom stereocenters. The highest BCUT2D eigenvalue weighted by molar-refractivity contribution is 5.67. The highest BCUT2D eigenvalue weighted by Gasteiger charge is 2.34. The van der Waals surface area contributed by atoms with Gasteiger partial charge in [0.15, 0.2) is 5.75 Å². The Labute approximate surface area is 217 Å². The van der Waals surface area contributed by atoms with Gasteiger partial charge in [0.2, 0.25) is 5.95 Å². The van der Waals surface area contributed by atoms with Crippen LogP contribution in [0.3, 0.4) is 0 Å². The first kappa shape index (κ1) is 27.0. The van der Waals surface area contributed by atoms with Gasteiger partial charge < -0.3 is 25.0 Å². The highest BCUT2D eigenvalue weighted by atomic mass is 19.1. The standard InChI is InChI=1S/C27H37F2N5O3/c1-17(2)37-27(35)33-9-6-19(7-10-33)18(3)8-11-36-21-13-31-26(32-14-21)34-15-23(25(30)16-34)22-5-4-20(28)12-24(22)29/h4-5,12-14,17-19,23,25H,6-11,15-16,30H2,1-3H3/t18-,23-,25+/m1/s1. The van der Waals surface area contributed by atoms with E-state index in [4.69, 9.17) is 15.2 Å². The number of hydrogen-bond donors (Lipinski definition) is 1. The number of benzene rings is 1. The molecule has 2 N–H and O–H groups in total. The summed E-state index contributed by atoms with van der Waals surface area (Å²) in [6, 6.07) is 3.29. The molecule has 0 radical (unpaired) electrons. The first-order valence-corrected chi connectivity index (χ1v) is 13.1. The van der Waals surface area contributed by atoms with Gasteiger partial charge in [0.25, 0.3) is 0 Å². The Kier molecular flexibility index (Phi) is 8.79. The fourth-order valence-corrected chi connectivity index (χ4v) is 5.20. The number of anilines is 1. The SMILES string of the molecule is CC(C)OC(=O)N1CCC([C@H](C)CCOc2cnc(N3C[C@H](c4ccc(F)cc4F)[C@@H](N)C3)nc2)CC1. The molecular weight excluding hydrogens is 480 g/mol. The smallest absolute Gasteiger partial charge is 0.410 e. The Balaban J connectivity index is 1.21. The monoisotopic (exact) mass is 517 g/mol. The minimum Gasteiger partial charge on any atom is -0.490 e. The number of nitrogens with two attached hydrogens (primary N) is 1. The summed E-state index contributed by atoms with van der Waals surface area (Å²) in [4.78, 5) is 24.6. The maximum atomic E-state index is 14.3. The summed E-state index contributed by atoms with van der Waals surface area (Å²) in [5, 5.41) is 0. The van der Waals surface area contributed by atoms with Gasteiger partial charge >= 0.3 is 6.09 Å². The molecule has 0 spiro atoms. The van der Waals surface area contributed by atoms with Crippen molar-refractivity contribution in [3.63, 3.8) is 0 Å². The van der Waals surface area contributed by atoms with E-state index in [0.717, 1.165) is 38.4 Å². The van der Waals surface area contributed by atoms with Crippen LogP contribution in [0.5, 0.6) is 5.75 Å². The predicted octanol–water partition coefficient (Wildman–Crippen LogP) is 4.35. The molecule has 1 aromatic heterocycles. The lowest BCUT2D eigenvalue weighted by Gasteiger charge is -2.34. The summed E-state index contributed by atoms with van der Waals surface area (Å²) in [6.07, 6.45) is 5.79. The van der Waals surface area contributed by atoms with Gasteiger partial charge in [-0.15, -0.1) is 0 Å². The fourth-order valence-electron chi connectivity index (χ4n) is 5.20. The number of halogens is 2. The second kappa shape index (κ2) is 12.0. The molecular formula is C27H37F2N5O3. The van der Waals surface area contributed by atoms with E-state index in [1.165, 1.54) is 12.1 Å². The minimum atomic E-state index is -0.605. The number of likely N-dealkylation sites (tertiary alicyclic amines) is 1. The average molecular weight is 518 g/mol. The van der Waals surface area contributed by atoms with Gasteiger partial charge in [-0.3, -0.25) is 0 Å². The molecule has 2 aliphatic rings. The molecule has 2 saturated heterocycles. The lowest BCUT2D eigenvalue weighted by atomic mass is 9.84. The normalized spacial score (nSPS) is 21.4. The first-order valence-electron chi connectivity index (χ1n) is 13.1. The van der Waals surface area contributed by atoms with E-state index in [1.807, 2.05) is 18.7 Å². The van der Waals surface area contributed by atoms with Gasteiger partial charge in [0.05, 0.1) is 25.1 Å². The van der Waals surface area contributed by atoms with Gasteiger partial charge in [-0.25, -0.2) is 23.5 Å². The molecule has 8 nitrogen and oxygen atoms in total. The molecule has 10 heteroatoms. The zero-order valence-corrected chi connectivity index (χ0v) is 21.8. The molecule has 0 aliphatic carbocycles. The molecule has 0 saturated carbocycles. The maximum Gasteiger partial charge on any atom is 0.410 e. The Morgan fingerprint density at radius 3 is 2.49 bits per heavy atom. The Bertz CT molecular complexity index is 1050. The van der Waals surface area contributed by atoms with Crippen LogP contribution >= 0.6 is 0 Å². The van der Waals surface area contributed by atoms with Gasteiger partial charge in [-0.1, -0.05) is 13.0 Å². The Morgan fingerprint density at radius 1 is 1.14 bits per heavy atom. The van der Waals surface area contributed by atoms with Crippen LogP contribution in [0.4, 0.5) is 19.5 Å². The summed E-state index contributed by atoms with van der Waals surface area (Å²) in [5.41, 5.74) is 6.67. The minimum absolute atomic E-state index is 0.102. The number of ether oxygens (including phenoxy) is 2. The van der Waals surface area contributed by atoms with Crippen LogP contribution in [0.2, 0.25) is 0 Å². The van der Waals surface area contributed by atoms with Crippen LogP contribution in [0.15, 0.2) is 30.6 Å². The van der Waals surface area contributed by atoms with Crippen LogP contribution < -0.4 is 15.4 Å². The van der Waals surface area contributed by atoms with Crippen LogP contribution in [-0.2, 0) is 4.74 Å². The quantitative estimate of drug-likeness (QED) is 0.556. The summed E-state index contributed by atoms with van der Waals surface area (Å²) < 4.78 is 38.7. The molecule has 202 valence electrons. The summed E-state index contributed by atoms with van der Waals surface area (Å²) in [5.74, 6) is 0.652. The zero-order valence-electron chi connectivity index (χ0n) is 21.8. The number of amides is 1. The van der Waals surface area contributed by atoms with Gasteiger partial charge in [-0.2, -0.15) is 0 Å². The van der Waals surface area contributed by atoms with Gasteiger partial charge in [0.1, 0.15) is 11.6 Å². The molecule has 0 unspecified atom stereocenters. The van der Waals surface area contributed by atoms with Crippen molar-refractivity contribution in [2.24, 2.45) is 17.6 Å². The number of rotatable bonds is 8. The third-order valence-corrected chi connectivity index (χ3v) is 7.41. The van der Waals surface area contributed by atoms with Crippen molar-refractivity contribution >= 4 is 12.0 Å². The zero-order chi connectivity index (χ0) is 26.5. The van der Waals surface area contributed by atoms with E-state index in [0.29, 0.717) is 48.8 Å². The number of nitrogens with zero attached hydrogens (tertiary/aromatic N) is 4. The van der Waals surface area contributed by atoms with Crippen LogP contribution in [0.1, 0.15) is 51.5 Å². The summed E-state index contributed by atoms with van der Waals surface area (Å²) in [7, 11) is 0. The van der Waals surface area contributed by atoms with Crippen LogP contribution in [0, 0.1) is 23.5 Å². The van der Waals surface area contributed by atoms with Crippen molar-refractivity contribution in [2.75, 3.05) is 37.7 Å². The molecule has 1 aromatic carbocycles. The van der Waals surface area contributed by atoms with Crippen LogP contribution in [0.25, 0.3) is 0 Å². The maximum absolute atomic E-state index is 14.3. The van der Waals surface area contributed by atoms with Crippen molar-refractivity contribution in [1.29, 1.82) is 0 Å². The third kappa shape index (κ3) is 6.85. The molecule has 2 aliphatic heterocycles.